The van der Waals surface area contributed by atoms with Crippen molar-refractivity contribution < 1.29 is 19.7 Å². The van der Waals surface area contributed by atoms with Crippen molar-refractivity contribution in [3.8, 4) is 11.5 Å². The molecule has 0 saturated heterocycles. The third-order valence-electron chi connectivity index (χ3n) is 9.84. The fraction of sp³-hybridized carbons (Fsp3) is 0.167. The molecular formula is C36H26O4. The molecule has 4 heteroatoms. The molecule has 5 aromatic carbocycles. The van der Waals surface area contributed by atoms with E-state index in [2.05, 4.69) is 24.3 Å². The first-order chi connectivity index (χ1) is 19.6. The zero-order chi connectivity index (χ0) is 27.0. The predicted molar refractivity (Wildman–Crippen MR) is 151 cm³/mol. The van der Waals surface area contributed by atoms with Crippen LogP contribution in [0.3, 0.4) is 0 Å². The van der Waals surface area contributed by atoms with Crippen LogP contribution in [-0.2, 0) is 11.2 Å². The van der Waals surface area contributed by atoms with Crippen LogP contribution in [0.1, 0.15) is 78.6 Å². The van der Waals surface area contributed by atoms with Crippen molar-refractivity contribution in [1.82, 2.24) is 0 Å². The number of aliphatic hydroxyl groups is 2. The molecule has 0 heterocycles. The molecule has 6 aliphatic rings. The summed E-state index contributed by atoms with van der Waals surface area (Å²) in [6.45, 7) is 0. The molecule has 2 N–H and O–H groups in total. The number of rotatable bonds is 2. The molecule has 11 rings (SSSR count). The zero-order valence-electron chi connectivity index (χ0n) is 22.1. The van der Waals surface area contributed by atoms with Gasteiger partial charge >= 0.3 is 0 Å². The Labute approximate surface area is 232 Å². The van der Waals surface area contributed by atoms with Gasteiger partial charge in [0.1, 0.15) is 22.7 Å². The molecule has 0 saturated carbocycles. The highest BCUT2D eigenvalue weighted by Crippen LogP contribution is 2.69. The molecule has 0 aromatic heterocycles. The molecule has 0 amide bonds. The van der Waals surface area contributed by atoms with E-state index < -0.39 is 11.2 Å². The molecule has 0 atom stereocenters. The SMILES string of the molecule is COc1c2c(c(OC)c3c1C1(O)c4ccccc4C3c3ccccc31)C1(O)c3ccccc3C2c2ccccc21. The van der Waals surface area contributed by atoms with Crippen LogP contribution in [0.15, 0.2) is 97.1 Å². The largest absolute Gasteiger partial charge is 0.496 e. The fourth-order valence-corrected chi connectivity index (χ4v) is 8.53. The summed E-state index contributed by atoms with van der Waals surface area (Å²) in [6, 6.07) is 32.5. The molecule has 0 fully saturated rings. The highest BCUT2D eigenvalue weighted by molar-refractivity contribution is 5.83. The molecule has 0 aliphatic heterocycles. The van der Waals surface area contributed by atoms with Crippen LogP contribution < -0.4 is 9.47 Å². The van der Waals surface area contributed by atoms with Gasteiger partial charge in [-0.1, -0.05) is 97.1 Å². The van der Waals surface area contributed by atoms with Crippen molar-refractivity contribution >= 4 is 0 Å². The van der Waals surface area contributed by atoms with E-state index >= 15 is 0 Å². The normalized spacial score (nSPS) is 25.2. The lowest BCUT2D eigenvalue weighted by Crippen LogP contribution is -2.46. The first kappa shape index (κ1) is 22.4. The van der Waals surface area contributed by atoms with Gasteiger partial charge in [-0.15, -0.1) is 0 Å². The second-order valence-corrected chi connectivity index (χ2v) is 11.3. The summed E-state index contributed by atoms with van der Waals surface area (Å²) in [4.78, 5) is 0. The first-order valence-corrected chi connectivity index (χ1v) is 13.7. The molecule has 4 nitrogen and oxygen atoms in total. The highest BCUT2D eigenvalue weighted by atomic mass is 16.5. The Morgan fingerprint density at radius 3 is 1.02 bits per heavy atom. The van der Waals surface area contributed by atoms with E-state index in [1.54, 1.807) is 14.2 Å². The third kappa shape index (κ3) is 2.20. The topological polar surface area (TPSA) is 58.9 Å². The minimum absolute atomic E-state index is 0.180. The Morgan fingerprint density at radius 1 is 0.475 bits per heavy atom. The van der Waals surface area contributed by atoms with Crippen LogP contribution in [0.5, 0.6) is 11.5 Å². The van der Waals surface area contributed by atoms with Crippen LogP contribution in [0.25, 0.3) is 0 Å². The monoisotopic (exact) mass is 522 g/mol. The molecule has 0 unspecified atom stereocenters. The van der Waals surface area contributed by atoms with E-state index in [-0.39, 0.29) is 11.8 Å². The summed E-state index contributed by atoms with van der Waals surface area (Å²) in [5.41, 5.74) is 7.96. The van der Waals surface area contributed by atoms with Gasteiger partial charge in [0.2, 0.25) is 0 Å². The van der Waals surface area contributed by atoms with Gasteiger partial charge in [-0.2, -0.15) is 0 Å². The lowest BCUT2D eigenvalue weighted by molar-refractivity contribution is 0.0991. The third-order valence-corrected chi connectivity index (χ3v) is 9.84. The maximum atomic E-state index is 13.0. The van der Waals surface area contributed by atoms with Crippen LogP contribution in [0.4, 0.5) is 0 Å². The lowest BCUT2D eigenvalue weighted by atomic mass is 9.53. The summed E-state index contributed by atoms with van der Waals surface area (Å²) in [5, 5.41) is 26.1. The quantitative estimate of drug-likeness (QED) is 0.304. The maximum absolute atomic E-state index is 13.0. The zero-order valence-corrected chi connectivity index (χ0v) is 22.1. The van der Waals surface area contributed by atoms with E-state index in [1.165, 1.54) is 0 Å². The second kappa shape index (κ2) is 7.22. The van der Waals surface area contributed by atoms with Gasteiger partial charge < -0.3 is 19.7 Å². The Morgan fingerprint density at radius 2 is 0.750 bits per heavy atom. The lowest BCUT2D eigenvalue weighted by Gasteiger charge is -2.53. The first-order valence-electron chi connectivity index (χ1n) is 13.7. The average Bonchev–Trinajstić information content (AvgIpc) is 3.01. The molecule has 4 bridgehead atoms. The Kier molecular flexibility index (Phi) is 4.05. The summed E-state index contributed by atoms with van der Waals surface area (Å²) < 4.78 is 12.7. The van der Waals surface area contributed by atoms with Gasteiger partial charge in [0.25, 0.3) is 0 Å². The summed E-state index contributed by atoms with van der Waals surface area (Å²) in [6.07, 6.45) is 0. The molecule has 40 heavy (non-hydrogen) atoms. The fourth-order valence-electron chi connectivity index (χ4n) is 8.53. The Balaban J connectivity index is 1.51. The molecule has 6 aliphatic carbocycles. The van der Waals surface area contributed by atoms with E-state index in [4.69, 9.17) is 9.47 Å². The van der Waals surface area contributed by atoms with Crippen molar-refractivity contribution in [2.24, 2.45) is 0 Å². The van der Waals surface area contributed by atoms with Gasteiger partial charge in [-0.25, -0.2) is 0 Å². The van der Waals surface area contributed by atoms with Crippen molar-refractivity contribution in [2.45, 2.75) is 23.0 Å². The van der Waals surface area contributed by atoms with Gasteiger partial charge in [0.05, 0.1) is 14.2 Å². The minimum Gasteiger partial charge on any atom is -0.496 e. The Hall–Kier alpha value is -4.38. The molecule has 194 valence electrons. The summed E-state index contributed by atoms with van der Waals surface area (Å²) in [5.74, 6) is 0.879. The van der Waals surface area contributed by atoms with Crippen molar-refractivity contribution in [1.29, 1.82) is 0 Å². The van der Waals surface area contributed by atoms with Gasteiger partial charge in [-0.3, -0.25) is 0 Å². The van der Waals surface area contributed by atoms with Crippen LogP contribution >= 0.6 is 0 Å². The average molecular weight is 523 g/mol. The minimum atomic E-state index is -1.44. The van der Waals surface area contributed by atoms with Crippen LogP contribution in [0.2, 0.25) is 0 Å². The van der Waals surface area contributed by atoms with E-state index in [0.717, 1.165) is 66.8 Å². The van der Waals surface area contributed by atoms with Crippen molar-refractivity contribution in [3.05, 3.63) is 164 Å². The highest BCUT2D eigenvalue weighted by Gasteiger charge is 2.60. The molecule has 5 aromatic rings. The Bertz CT molecular complexity index is 1700. The van der Waals surface area contributed by atoms with Crippen LogP contribution in [0, 0.1) is 0 Å². The van der Waals surface area contributed by atoms with Gasteiger partial charge in [0, 0.05) is 34.1 Å². The van der Waals surface area contributed by atoms with Gasteiger partial charge in [-0.05, 0) is 44.5 Å². The molecular weight excluding hydrogens is 496 g/mol. The summed E-state index contributed by atoms with van der Waals surface area (Å²) in [7, 11) is 3.35. The van der Waals surface area contributed by atoms with E-state index in [9.17, 15) is 10.2 Å². The van der Waals surface area contributed by atoms with Gasteiger partial charge in [0.15, 0.2) is 0 Å². The number of hydrogen-bond donors (Lipinski definition) is 2. The number of ether oxygens (including phenoxy) is 2. The van der Waals surface area contributed by atoms with E-state index in [0.29, 0.717) is 11.5 Å². The van der Waals surface area contributed by atoms with Crippen molar-refractivity contribution in [2.75, 3.05) is 14.2 Å². The number of hydrogen-bond acceptors (Lipinski definition) is 4. The van der Waals surface area contributed by atoms with E-state index in [1.807, 2.05) is 72.8 Å². The second-order valence-electron chi connectivity index (χ2n) is 11.3. The summed E-state index contributed by atoms with van der Waals surface area (Å²) >= 11 is 0. The predicted octanol–water partition coefficient (Wildman–Crippen LogP) is 5.89. The number of benzene rings is 5. The standard InChI is InChI=1S/C36H26O4/c1-39-33-29-27-19-11-3-9-17-25(19)36(38,26-18-10-4-12-20(26)27)32(29)34(40-2)30-28-21-13-5-7-15-23(21)35(37,31(30)33)24-16-8-6-14-22(24)28/h3-18,27-28,37-38H,1-2H3. The maximum Gasteiger partial charge on any atom is 0.145 e. The van der Waals surface area contributed by atoms with Crippen molar-refractivity contribution in [3.63, 3.8) is 0 Å². The smallest absolute Gasteiger partial charge is 0.145 e. The number of methoxy groups -OCH3 is 2. The van der Waals surface area contributed by atoms with Crippen LogP contribution in [-0.4, -0.2) is 24.4 Å². The molecule has 0 radical (unpaired) electrons. The molecule has 0 spiro atoms.